The molecule has 0 aliphatic carbocycles. The Labute approximate surface area is 150 Å². The monoisotopic (exact) mass is 352 g/mol. The van der Waals surface area contributed by atoms with E-state index in [-0.39, 0.29) is 16.6 Å². The van der Waals surface area contributed by atoms with Gasteiger partial charge < -0.3 is 0 Å². The third kappa shape index (κ3) is 3.51. The van der Waals surface area contributed by atoms with Gasteiger partial charge in [0.15, 0.2) is 5.16 Å². The lowest BCUT2D eigenvalue weighted by molar-refractivity contribution is -0.116. The number of nitrogens with zero attached hydrogens (tertiary/aromatic N) is 2. The molecule has 0 fully saturated rings. The van der Waals surface area contributed by atoms with Gasteiger partial charge in [0.05, 0.1) is 21.8 Å². The zero-order chi connectivity index (χ0) is 18.1. The zero-order valence-corrected chi connectivity index (χ0v) is 15.6. The summed E-state index contributed by atoms with van der Waals surface area (Å²) in [4.78, 5) is 29.5. The van der Waals surface area contributed by atoms with Gasteiger partial charge in [-0.3, -0.25) is 14.2 Å². The highest BCUT2D eigenvalue weighted by Crippen LogP contribution is 2.26. The van der Waals surface area contributed by atoms with Crippen LogP contribution in [-0.2, 0) is 4.79 Å². The number of hydrogen-bond donors (Lipinski definition) is 0. The summed E-state index contributed by atoms with van der Waals surface area (Å²) in [7, 11) is 0. The molecule has 3 aromatic rings. The van der Waals surface area contributed by atoms with Crippen LogP contribution in [0.3, 0.4) is 0 Å². The smallest absolute Gasteiger partial charge is 0.266 e. The standard InChI is InChI=1S/C20H20N2O2S/c1-12-9-13(2)11-16(10-12)22-19(24)17-7-5-6-8-18(17)21-20(22)25-15(4)14(3)23/h5-11,15H,1-4H3. The van der Waals surface area contributed by atoms with Crippen LogP contribution in [0.1, 0.15) is 25.0 Å². The van der Waals surface area contributed by atoms with E-state index in [1.165, 1.54) is 11.8 Å². The topological polar surface area (TPSA) is 52.0 Å². The molecule has 1 atom stereocenters. The first-order valence-electron chi connectivity index (χ1n) is 8.14. The Hall–Kier alpha value is -2.40. The van der Waals surface area contributed by atoms with Gasteiger partial charge in [0.25, 0.3) is 5.56 Å². The maximum absolute atomic E-state index is 13.1. The maximum Gasteiger partial charge on any atom is 0.266 e. The molecule has 4 nitrogen and oxygen atoms in total. The van der Waals surface area contributed by atoms with Crippen LogP contribution in [0, 0.1) is 13.8 Å². The number of rotatable bonds is 4. The van der Waals surface area contributed by atoms with Crippen LogP contribution in [0.2, 0.25) is 0 Å². The Kier molecular flexibility index (Phi) is 4.77. The van der Waals surface area contributed by atoms with E-state index in [9.17, 15) is 9.59 Å². The molecule has 0 bridgehead atoms. The molecule has 1 unspecified atom stereocenters. The second-order valence-corrected chi connectivity index (χ2v) is 7.58. The zero-order valence-electron chi connectivity index (χ0n) is 14.7. The summed E-state index contributed by atoms with van der Waals surface area (Å²) in [5.74, 6) is 0.0550. The van der Waals surface area contributed by atoms with Gasteiger partial charge in [0.1, 0.15) is 5.78 Å². The molecule has 0 saturated heterocycles. The SMILES string of the molecule is CC(=O)C(C)Sc1nc2ccccc2c(=O)n1-c1cc(C)cc(C)c1. The first-order chi connectivity index (χ1) is 11.9. The third-order valence-electron chi connectivity index (χ3n) is 4.06. The quantitative estimate of drug-likeness (QED) is 0.525. The van der Waals surface area contributed by atoms with Crippen molar-refractivity contribution in [3.8, 4) is 5.69 Å². The third-order valence-corrected chi connectivity index (χ3v) is 5.23. The van der Waals surface area contributed by atoms with E-state index in [0.717, 1.165) is 16.8 Å². The Morgan fingerprint density at radius 3 is 2.40 bits per heavy atom. The van der Waals surface area contributed by atoms with E-state index in [0.29, 0.717) is 16.1 Å². The summed E-state index contributed by atoms with van der Waals surface area (Å²) in [6, 6.07) is 13.3. The van der Waals surface area contributed by atoms with Crippen molar-refractivity contribution in [1.82, 2.24) is 9.55 Å². The molecule has 1 heterocycles. The highest BCUT2D eigenvalue weighted by atomic mass is 32.2. The molecule has 0 radical (unpaired) electrons. The average molecular weight is 352 g/mol. The molecule has 0 N–H and O–H groups in total. The van der Waals surface area contributed by atoms with Crippen molar-refractivity contribution in [2.24, 2.45) is 0 Å². The highest BCUT2D eigenvalue weighted by Gasteiger charge is 2.18. The van der Waals surface area contributed by atoms with E-state index >= 15 is 0 Å². The molecule has 0 amide bonds. The number of para-hydroxylation sites is 1. The number of thioether (sulfide) groups is 1. The van der Waals surface area contributed by atoms with E-state index < -0.39 is 0 Å². The fraction of sp³-hybridized carbons (Fsp3) is 0.250. The van der Waals surface area contributed by atoms with Gasteiger partial charge in [-0.25, -0.2) is 4.98 Å². The first kappa shape index (κ1) is 17.4. The van der Waals surface area contributed by atoms with Crippen LogP contribution < -0.4 is 5.56 Å². The van der Waals surface area contributed by atoms with Crippen LogP contribution in [0.15, 0.2) is 52.4 Å². The Balaban J connectivity index is 2.32. The Bertz CT molecular complexity index is 1000. The number of aryl methyl sites for hydroxylation is 2. The maximum atomic E-state index is 13.1. The number of carbonyl (C=O) groups is 1. The minimum atomic E-state index is -0.273. The van der Waals surface area contributed by atoms with E-state index in [1.807, 2.05) is 51.1 Å². The largest absolute Gasteiger partial charge is 0.299 e. The molecule has 0 spiro atoms. The number of carbonyl (C=O) groups excluding carboxylic acids is 1. The lowest BCUT2D eigenvalue weighted by Crippen LogP contribution is -2.23. The molecule has 2 aromatic carbocycles. The minimum absolute atomic E-state index is 0.0550. The molecular formula is C20H20N2O2S. The number of aromatic nitrogens is 2. The van der Waals surface area contributed by atoms with E-state index in [1.54, 1.807) is 17.6 Å². The van der Waals surface area contributed by atoms with Crippen LogP contribution in [-0.4, -0.2) is 20.6 Å². The summed E-state index contributed by atoms with van der Waals surface area (Å²) in [5, 5.41) is 0.836. The van der Waals surface area contributed by atoms with Crippen LogP contribution >= 0.6 is 11.8 Å². The van der Waals surface area contributed by atoms with Crippen LogP contribution in [0.4, 0.5) is 0 Å². The molecule has 128 valence electrons. The summed E-state index contributed by atoms with van der Waals surface area (Å²) in [5.41, 5.74) is 3.45. The van der Waals surface area contributed by atoms with Gasteiger partial charge in [-0.05, 0) is 63.1 Å². The predicted octanol–water partition coefficient (Wildman–Crippen LogP) is 4.07. The van der Waals surface area contributed by atoms with Gasteiger partial charge in [0.2, 0.25) is 0 Å². The summed E-state index contributed by atoms with van der Waals surface area (Å²) < 4.78 is 1.62. The molecule has 1 aromatic heterocycles. The van der Waals surface area contributed by atoms with Crippen molar-refractivity contribution in [2.45, 2.75) is 38.1 Å². The van der Waals surface area contributed by atoms with Gasteiger partial charge in [-0.15, -0.1) is 0 Å². The Morgan fingerprint density at radius 2 is 1.76 bits per heavy atom. The van der Waals surface area contributed by atoms with Gasteiger partial charge >= 0.3 is 0 Å². The van der Waals surface area contributed by atoms with Crippen molar-refractivity contribution >= 4 is 28.4 Å². The van der Waals surface area contributed by atoms with Crippen molar-refractivity contribution in [1.29, 1.82) is 0 Å². The van der Waals surface area contributed by atoms with Crippen LogP contribution in [0.25, 0.3) is 16.6 Å². The fourth-order valence-electron chi connectivity index (χ4n) is 2.74. The molecular weight excluding hydrogens is 332 g/mol. The molecule has 0 saturated carbocycles. The van der Waals surface area contributed by atoms with Gasteiger partial charge in [-0.1, -0.05) is 30.0 Å². The number of fused-ring (bicyclic) bond motifs is 1. The number of Topliss-reactive ketones (excluding diaryl/α,β-unsaturated/α-hetero) is 1. The normalized spacial score (nSPS) is 12.3. The molecule has 5 heteroatoms. The second-order valence-electron chi connectivity index (χ2n) is 6.27. The van der Waals surface area contributed by atoms with E-state index in [2.05, 4.69) is 11.1 Å². The minimum Gasteiger partial charge on any atom is -0.299 e. The van der Waals surface area contributed by atoms with E-state index in [4.69, 9.17) is 0 Å². The second kappa shape index (κ2) is 6.84. The molecule has 0 aliphatic rings. The van der Waals surface area contributed by atoms with Crippen molar-refractivity contribution in [3.63, 3.8) is 0 Å². The molecule has 25 heavy (non-hydrogen) atoms. The predicted molar refractivity (Wildman–Crippen MR) is 103 cm³/mol. The van der Waals surface area contributed by atoms with Crippen molar-refractivity contribution in [2.75, 3.05) is 0 Å². The van der Waals surface area contributed by atoms with Gasteiger partial charge in [0, 0.05) is 0 Å². The average Bonchev–Trinajstić information content (AvgIpc) is 2.54. The summed E-state index contributed by atoms with van der Waals surface area (Å²) in [6.07, 6.45) is 0. The number of benzene rings is 2. The lowest BCUT2D eigenvalue weighted by atomic mass is 10.1. The highest BCUT2D eigenvalue weighted by molar-refractivity contribution is 8.00. The molecule has 3 rings (SSSR count). The van der Waals surface area contributed by atoms with Crippen molar-refractivity contribution < 1.29 is 4.79 Å². The van der Waals surface area contributed by atoms with Gasteiger partial charge in [-0.2, -0.15) is 0 Å². The first-order valence-corrected chi connectivity index (χ1v) is 9.02. The van der Waals surface area contributed by atoms with Crippen LogP contribution in [0.5, 0.6) is 0 Å². The Morgan fingerprint density at radius 1 is 1.12 bits per heavy atom. The fourth-order valence-corrected chi connectivity index (χ4v) is 3.67. The number of hydrogen-bond acceptors (Lipinski definition) is 4. The summed E-state index contributed by atoms with van der Waals surface area (Å²) in [6.45, 7) is 7.39. The molecule has 0 aliphatic heterocycles. The van der Waals surface area contributed by atoms with Crippen molar-refractivity contribution in [3.05, 3.63) is 63.9 Å². The lowest BCUT2D eigenvalue weighted by Gasteiger charge is -2.16. The number of ketones is 1. The summed E-state index contributed by atoms with van der Waals surface area (Å²) >= 11 is 1.32.